The number of benzene rings is 3. The molecule has 3 aromatic carbocycles. The highest BCUT2D eigenvalue weighted by molar-refractivity contribution is 5.84. The first kappa shape index (κ1) is 24.4. The molecule has 0 fully saturated rings. The minimum absolute atomic E-state index is 0.310. The zero-order valence-electron chi connectivity index (χ0n) is 20.5. The molecule has 0 aliphatic carbocycles. The van der Waals surface area contributed by atoms with Crippen molar-refractivity contribution in [3.8, 4) is 11.4 Å². The molecule has 0 bridgehead atoms. The summed E-state index contributed by atoms with van der Waals surface area (Å²) in [7, 11) is 0. The number of ether oxygens (including phenoxy) is 1. The molecule has 1 heterocycles. The number of rotatable bonds is 7. The van der Waals surface area contributed by atoms with Gasteiger partial charge in [0.1, 0.15) is 17.7 Å². The molecule has 0 spiro atoms. The number of hydrogen-bond donors (Lipinski definition) is 1. The summed E-state index contributed by atoms with van der Waals surface area (Å²) in [6.45, 7) is 8.26. The Balaban J connectivity index is 1.67. The molecule has 2 atom stereocenters. The lowest BCUT2D eigenvalue weighted by Gasteiger charge is -2.29. The van der Waals surface area contributed by atoms with Gasteiger partial charge in [-0.1, -0.05) is 23.8 Å². The lowest BCUT2D eigenvalue weighted by atomic mass is 9.96. The lowest BCUT2D eigenvalue weighted by Crippen LogP contribution is -2.46. The smallest absolute Gasteiger partial charge is 0.257 e. The number of aromatic nitrogens is 2. The molecule has 4 rings (SSSR count). The Bertz CT molecular complexity index is 1360. The van der Waals surface area contributed by atoms with E-state index in [2.05, 4.69) is 16.5 Å². The van der Waals surface area contributed by atoms with Crippen molar-refractivity contribution < 1.29 is 18.3 Å². The quantitative estimate of drug-likeness (QED) is 0.347. The highest BCUT2D eigenvalue weighted by Gasteiger charge is 2.31. The van der Waals surface area contributed by atoms with Crippen LogP contribution in [0.15, 0.2) is 66.9 Å². The van der Waals surface area contributed by atoms with Gasteiger partial charge < -0.3 is 10.1 Å². The van der Waals surface area contributed by atoms with Crippen LogP contribution < -0.4 is 10.1 Å². The number of aryl methyl sites for hydroxylation is 2. The van der Waals surface area contributed by atoms with E-state index in [1.165, 1.54) is 26.0 Å². The van der Waals surface area contributed by atoms with Crippen molar-refractivity contribution in [1.29, 1.82) is 0 Å². The van der Waals surface area contributed by atoms with Gasteiger partial charge in [-0.3, -0.25) is 4.79 Å². The molecule has 0 saturated carbocycles. The number of carbonyl (C=O) groups is 1. The third kappa shape index (κ3) is 5.34. The normalized spacial score (nSPS) is 13.5. The van der Waals surface area contributed by atoms with Crippen LogP contribution >= 0.6 is 0 Å². The second-order valence-corrected chi connectivity index (χ2v) is 9.39. The van der Waals surface area contributed by atoms with Crippen molar-refractivity contribution >= 4 is 16.8 Å². The molecule has 0 unspecified atom stereocenters. The van der Waals surface area contributed by atoms with Gasteiger partial charge in [0.2, 0.25) is 0 Å². The third-order valence-corrected chi connectivity index (χ3v) is 5.96. The maximum atomic E-state index is 14.2. The maximum absolute atomic E-state index is 14.2. The van der Waals surface area contributed by atoms with Crippen LogP contribution in [0.2, 0.25) is 0 Å². The minimum atomic E-state index is -2.00. The summed E-state index contributed by atoms with van der Waals surface area (Å²) in [5, 5.41) is 8.04. The van der Waals surface area contributed by atoms with Crippen molar-refractivity contribution in [3.63, 3.8) is 0 Å². The molecular weight excluding hydrogens is 448 g/mol. The van der Waals surface area contributed by atoms with E-state index in [1.807, 2.05) is 44.2 Å². The fraction of sp³-hybridized carbons (Fsp3) is 0.286. The van der Waals surface area contributed by atoms with Crippen LogP contribution in [0, 0.1) is 19.7 Å². The second kappa shape index (κ2) is 9.49. The van der Waals surface area contributed by atoms with Crippen LogP contribution in [0.4, 0.5) is 8.78 Å². The molecule has 0 saturated heterocycles. The number of amides is 1. The molecule has 1 amide bonds. The molecule has 7 heteroatoms. The first-order valence-electron chi connectivity index (χ1n) is 11.5. The van der Waals surface area contributed by atoms with Crippen LogP contribution in [-0.4, -0.2) is 27.4 Å². The van der Waals surface area contributed by atoms with Gasteiger partial charge in [0.25, 0.3) is 5.91 Å². The SMILES string of the molecule is Cc1ccc([C@@H](Oc2ccc3c(cnn3-c3ccc(F)cc3)c2)[C@H](C)NC(=O)C(C)(C)F)c(C)c1. The Hall–Kier alpha value is -3.74. The summed E-state index contributed by atoms with van der Waals surface area (Å²) in [6, 6.07) is 17.2. The van der Waals surface area contributed by atoms with Crippen LogP contribution in [-0.2, 0) is 4.79 Å². The summed E-state index contributed by atoms with van der Waals surface area (Å²) < 4.78 is 35.7. The predicted molar refractivity (Wildman–Crippen MR) is 133 cm³/mol. The third-order valence-electron chi connectivity index (χ3n) is 5.96. The fourth-order valence-corrected chi connectivity index (χ4v) is 4.05. The Labute approximate surface area is 203 Å². The van der Waals surface area contributed by atoms with Gasteiger partial charge in [-0.15, -0.1) is 0 Å². The number of alkyl halides is 1. The van der Waals surface area contributed by atoms with Gasteiger partial charge >= 0.3 is 0 Å². The van der Waals surface area contributed by atoms with Crippen LogP contribution in [0.5, 0.6) is 5.75 Å². The van der Waals surface area contributed by atoms with Gasteiger partial charge in [-0.2, -0.15) is 5.10 Å². The standard InChI is InChI=1S/C28H29F2N3O2/c1-17-6-12-24(18(2)14-17)26(19(3)32-27(34)28(4,5)30)35-23-11-13-25-20(15-23)16-31-33(25)22-9-7-21(29)8-10-22/h6-16,19,26H,1-5H3,(H,32,34)/t19-,26-/m0/s1. The molecule has 0 aliphatic rings. The average molecular weight is 478 g/mol. The molecule has 1 aromatic heterocycles. The van der Waals surface area contributed by atoms with E-state index < -0.39 is 23.7 Å². The molecule has 1 N–H and O–H groups in total. The van der Waals surface area contributed by atoms with Crippen molar-refractivity contribution in [2.75, 3.05) is 0 Å². The second-order valence-electron chi connectivity index (χ2n) is 9.39. The van der Waals surface area contributed by atoms with Gasteiger partial charge in [0, 0.05) is 5.39 Å². The number of halogens is 2. The Morgan fingerprint density at radius 3 is 2.43 bits per heavy atom. The van der Waals surface area contributed by atoms with E-state index in [-0.39, 0.29) is 5.82 Å². The largest absolute Gasteiger partial charge is 0.484 e. The molecule has 4 aromatic rings. The highest BCUT2D eigenvalue weighted by atomic mass is 19.1. The summed E-state index contributed by atoms with van der Waals surface area (Å²) in [5.74, 6) is -0.420. The molecule has 0 aliphatic heterocycles. The summed E-state index contributed by atoms with van der Waals surface area (Å²) in [6.07, 6.45) is 1.17. The van der Waals surface area contributed by atoms with E-state index >= 15 is 0 Å². The van der Waals surface area contributed by atoms with E-state index in [4.69, 9.17) is 4.74 Å². The average Bonchev–Trinajstić information content (AvgIpc) is 3.21. The summed E-state index contributed by atoms with van der Waals surface area (Å²) in [4.78, 5) is 12.4. The van der Waals surface area contributed by atoms with Crippen molar-refractivity contribution in [2.45, 2.75) is 52.4 Å². The van der Waals surface area contributed by atoms with Crippen LogP contribution in [0.3, 0.4) is 0 Å². The Morgan fingerprint density at radius 2 is 1.77 bits per heavy atom. The number of carbonyl (C=O) groups excluding carboxylic acids is 1. The monoisotopic (exact) mass is 477 g/mol. The first-order valence-corrected chi connectivity index (χ1v) is 11.5. The first-order chi connectivity index (χ1) is 16.5. The van der Waals surface area contributed by atoms with E-state index in [0.29, 0.717) is 5.75 Å². The zero-order chi connectivity index (χ0) is 25.3. The molecule has 182 valence electrons. The number of nitrogens with zero attached hydrogens (tertiary/aromatic N) is 2. The number of hydrogen-bond acceptors (Lipinski definition) is 3. The maximum Gasteiger partial charge on any atom is 0.257 e. The molecule has 35 heavy (non-hydrogen) atoms. The summed E-state index contributed by atoms with van der Waals surface area (Å²) in [5.41, 5.74) is 2.61. The summed E-state index contributed by atoms with van der Waals surface area (Å²) >= 11 is 0. The highest BCUT2D eigenvalue weighted by Crippen LogP contribution is 2.31. The zero-order valence-corrected chi connectivity index (χ0v) is 20.5. The number of fused-ring (bicyclic) bond motifs is 1. The predicted octanol–water partition coefficient (Wildman–Crippen LogP) is 6.15. The number of nitrogens with one attached hydrogen (secondary N) is 1. The van der Waals surface area contributed by atoms with Gasteiger partial charge in [0.15, 0.2) is 5.67 Å². The van der Waals surface area contributed by atoms with Crippen molar-refractivity contribution in [1.82, 2.24) is 15.1 Å². The lowest BCUT2D eigenvalue weighted by molar-refractivity contribution is -0.132. The Morgan fingerprint density at radius 1 is 1.06 bits per heavy atom. The van der Waals surface area contributed by atoms with Crippen LogP contribution in [0.1, 0.15) is 43.6 Å². The van der Waals surface area contributed by atoms with Crippen molar-refractivity contribution in [2.24, 2.45) is 0 Å². The molecule has 0 radical (unpaired) electrons. The van der Waals surface area contributed by atoms with E-state index in [1.54, 1.807) is 29.9 Å². The Kier molecular flexibility index (Phi) is 6.61. The minimum Gasteiger partial charge on any atom is -0.484 e. The van der Waals surface area contributed by atoms with Gasteiger partial charge in [-0.25, -0.2) is 13.5 Å². The van der Waals surface area contributed by atoms with Crippen LogP contribution in [0.25, 0.3) is 16.6 Å². The van der Waals surface area contributed by atoms with Crippen molar-refractivity contribution in [3.05, 3.63) is 89.4 Å². The van der Waals surface area contributed by atoms with Gasteiger partial charge in [0.05, 0.1) is 23.4 Å². The topological polar surface area (TPSA) is 56.1 Å². The van der Waals surface area contributed by atoms with Gasteiger partial charge in [-0.05, 0) is 88.2 Å². The van der Waals surface area contributed by atoms with E-state index in [9.17, 15) is 13.6 Å². The van der Waals surface area contributed by atoms with E-state index in [0.717, 1.165) is 33.3 Å². The fourth-order valence-electron chi connectivity index (χ4n) is 4.05. The molecular formula is C28H29F2N3O2. The molecule has 5 nitrogen and oxygen atoms in total.